The van der Waals surface area contributed by atoms with Crippen molar-refractivity contribution in [3.05, 3.63) is 26.9 Å². The van der Waals surface area contributed by atoms with Crippen LogP contribution in [0.2, 0.25) is 5.02 Å². The van der Waals surface area contributed by atoms with Crippen molar-refractivity contribution in [2.24, 2.45) is 0 Å². The number of hydrogen-bond donors (Lipinski definition) is 1. The van der Waals surface area contributed by atoms with Crippen LogP contribution in [0, 0.1) is 0 Å². The summed E-state index contributed by atoms with van der Waals surface area (Å²) in [4.78, 5) is 14.7. The quantitative estimate of drug-likeness (QED) is 0.866. The number of halogens is 2. The Morgan fingerprint density at radius 1 is 1.67 bits per heavy atom. The highest BCUT2D eigenvalue weighted by Gasteiger charge is 2.26. The van der Waals surface area contributed by atoms with E-state index in [1.807, 2.05) is 6.07 Å². The van der Waals surface area contributed by atoms with Gasteiger partial charge in [-0.25, -0.2) is 0 Å². The van der Waals surface area contributed by atoms with Gasteiger partial charge in [0.25, 0.3) is 0 Å². The maximum atomic E-state index is 10.2. The number of nitrogens with zero attached hydrogens (tertiary/aromatic N) is 1. The molecule has 0 unspecified atom stereocenters. The van der Waals surface area contributed by atoms with Crippen molar-refractivity contribution in [1.29, 1.82) is 0 Å². The molecule has 15 heavy (non-hydrogen) atoms. The van der Waals surface area contributed by atoms with E-state index >= 15 is 0 Å². The van der Waals surface area contributed by atoms with E-state index in [4.69, 9.17) is 11.6 Å². The summed E-state index contributed by atoms with van der Waals surface area (Å²) >= 11 is 9.43. The fraction of sp³-hybridized carbons (Fsp3) is 0.400. The van der Waals surface area contributed by atoms with Crippen LogP contribution in [0.4, 0.5) is 0 Å². The van der Waals surface area contributed by atoms with Gasteiger partial charge < -0.3 is 5.32 Å². The van der Waals surface area contributed by atoms with Gasteiger partial charge in [0.1, 0.15) is 0 Å². The minimum Gasteiger partial charge on any atom is -0.353 e. The van der Waals surface area contributed by atoms with Crippen molar-refractivity contribution in [3.8, 4) is 0 Å². The highest BCUT2D eigenvalue weighted by molar-refractivity contribution is 9.10. The predicted molar refractivity (Wildman–Crippen MR) is 61.8 cm³/mol. The zero-order valence-corrected chi connectivity index (χ0v) is 10.3. The Morgan fingerprint density at radius 2 is 2.40 bits per heavy atom. The van der Waals surface area contributed by atoms with E-state index in [1.54, 1.807) is 0 Å². The van der Waals surface area contributed by atoms with Crippen molar-refractivity contribution < 1.29 is 4.79 Å². The van der Waals surface area contributed by atoms with Gasteiger partial charge in [-0.2, -0.15) is 0 Å². The van der Waals surface area contributed by atoms with Gasteiger partial charge in [0.2, 0.25) is 6.41 Å². The molecule has 1 aliphatic rings. The van der Waals surface area contributed by atoms with Crippen molar-refractivity contribution in [3.63, 3.8) is 0 Å². The van der Waals surface area contributed by atoms with Crippen molar-refractivity contribution in [2.75, 3.05) is 0 Å². The lowest BCUT2D eigenvalue weighted by atomic mass is 10.2. The Morgan fingerprint density at radius 3 is 3.00 bits per heavy atom. The SMILES string of the molecule is O=CNCc1nc(C2CC2)cc(Cl)c1Br. The molecule has 1 aliphatic carbocycles. The van der Waals surface area contributed by atoms with E-state index in [2.05, 4.69) is 26.2 Å². The van der Waals surface area contributed by atoms with Crippen molar-refractivity contribution in [2.45, 2.75) is 25.3 Å². The fourth-order valence-corrected chi connectivity index (χ4v) is 1.98. The highest BCUT2D eigenvalue weighted by Crippen LogP contribution is 2.41. The smallest absolute Gasteiger partial charge is 0.207 e. The van der Waals surface area contributed by atoms with Gasteiger partial charge in [-0.05, 0) is 34.8 Å². The first kappa shape index (κ1) is 10.9. The summed E-state index contributed by atoms with van der Waals surface area (Å²) < 4.78 is 0.767. The zero-order chi connectivity index (χ0) is 10.8. The van der Waals surface area contributed by atoms with E-state index in [9.17, 15) is 4.79 Å². The number of nitrogens with one attached hydrogen (secondary N) is 1. The number of hydrogen-bond acceptors (Lipinski definition) is 2. The molecule has 0 spiro atoms. The molecule has 1 aromatic heterocycles. The van der Waals surface area contributed by atoms with E-state index in [1.165, 1.54) is 12.8 Å². The van der Waals surface area contributed by atoms with Gasteiger partial charge in [-0.15, -0.1) is 0 Å². The van der Waals surface area contributed by atoms with E-state index in [0.29, 0.717) is 23.9 Å². The molecule has 2 rings (SSSR count). The maximum absolute atomic E-state index is 10.2. The molecule has 5 heteroatoms. The third kappa shape index (κ3) is 2.49. The molecule has 0 atom stereocenters. The second-order valence-electron chi connectivity index (χ2n) is 3.56. The van der Waals surface area contributed by atoms with Crippen LogP contribution in [-0.4, -0.2) is 11.4 Å². The predicted octanol–water partition coefficient (Wildman–Crippen LogP) is 2.62. The molecule has 1 saturated carbocycles. The molecule has 1 fully saturated rings. The van der Waals surface area contributed by atoms with Gasteiger partial charge >= 0.3 is 0 Å². The number of pyridine rings is 1. The number of carbonyl (C=O) groups excluding carboxylic acids is 1. The second-order valence-corrected chi connectivity index (χ2v) is 4.76. The molecule has 80 valence electrons. The monoisotopic (exact) mass is 288 g/mol. The summed E-state index contributed by atoms with van der Waals surface area (Å²) in [6.45, 7) is 0.407. The van der Waals surface area contributed by atoms with Crippen molar-refractivity contribution >= 4 is 33.9 Å². The Kier molecular flexibility index (Phi) is 3.26. The number of aromatic nitrogens is 1. The second kappa shape index (κ2) is 4.49. The lowest BCUT2D eigenvalue weighted by molar-refractivity contribution is -0.109. The minimum atomic E-state index is 0.407. The summed E-state index contributed by atoms with van der Waals surface area (Å²) in [6.07, 6.45) is 3.03. The molecule has 0 aromatic carbocycles. The molecular formula is C10H10BrClN2O. The standard InChI is InChI=1S/C10H10BrClN2O/c11-10-7(12)3-8(6-1-2-6)14-9(10)4-13-5-15/h3,5-6H,1-2,4H2,(H,13,15). The van der Waals surface area contributed by atoms with Crippen LogP contribution in [0.3, 0.4) is 0 Å². The van der Waals surface area contributed by atoms with Crippen LogP contribution < -0.4 is 5.32 Å². The van der Waals surface area contributed by atoms with Crippen LogP contribution >= 0.6 is 27.5 Å². The lowest BCUT2D eigenvalue weighted by Crippen LogP contribution is -2.12. The molecule has 1 heterocycles. The Labute approximate surface area is 101 Å². The van der Waals surface area contributed by atoms with Gasteiger partial charge in [-0.1, -0.05) is 11.6 Å². The number of carbonyl (C=O) groups is 1. The van der Waals surface area contributed by atoms with Crippen molar-refractivity contribution in [1.82, 2.24) is 10.3 Å². The van der Waals surface area contributed by atoms with Gasteiger partial charge in [0, 0.05) is 11.6 Å². The van der Waals surface area contributed by atoms with E-state index in [0.717, 1.165) is 15.9 Å². The van der Waals surface area contributed by atoms with Crippen LogP contribution in [0.1, 0.15) is 30.1 Å². The fourth-order valence-electron chi connectivity index (χ4n) is 1.41. The molecule has 1 aromatic rings. The van der Waals surface area contributed by atoms with Crippen LogP contribution in [0.25, 0.3) is 0 Å². The van der Waals surface area contributed by atoms with Crippen LogP contribution in [0.15, 0.2) is 10.5 Å². The number of rotatable bonds is 4. The Balaban J connectivity index is 2.28. The lowest BCUT2D eigenvalue weighted by Gasteiger charge is -2.07. The molecule has 1 amide bonds. The van der Waals surface area contributed by atoms with Gasteiger partial charge in [-0.3, -0.25) is 9.78 Å². The van der Waals surface area contributed by atoms with Crippen LogP contribution in [-0.2, 0) is 11.3 Å². The molecule has 1 N–H and O–H groups in total. The molecule has 0 aliphatic heterocycles. The average molecular weight is 290 g/mol. The molecule has 3 nitrogen and oxygen atoms in total. The Hall–Kier alpha value is -0.610. The molecule has 0 radical (unpaired) electrons. The van der Waals surface area contributed by atoms with Crippen LogP contribution in [0.5, 0.6) is 0 Å². The minimum absolute atomic E-state index is 0.407. The first-order valence-corrected chi connectivity index (χ1v) is 5.91. The topological polar surface area (TPSA) is 42.0 Å². The summed E-state index contributed by atoms with van der Waals surface area (Å²) in [5, 5.41) is 3.25. The number of amides is 1. The maximum Gasteiger partial charge on any atom is 0.207 e. The Bertz CT molecular complexity index is 393. The van der Waals surface area contributed by atoms with Gasteiger partial charge in [0.15, 0.2) is 0 Å². The summed E-state index contributed by atoms with van der Waals surface area (Å²) in [6, 6.07) is 1.90. The largest absolute Gasteiger partial charge is 0.353 e. The summed E-state index contributed by atoms with van der Waals surface area (Å²) in [5.74, 6) is 0.561. The average Bonchev–Trinajstić information content (AvgIpc) is 3.03. The summed E-state index contributed by atoms with van der Waals surface area (Å²) in [7, 11) is 0. The highest BCUT2D eigenvalue weighted by atomic mass is 79.9. The normalized spacial score (nSPS) is 15.1. The first-order chi connectivity index (χ1) is 7.22. The molecule has 0 saturated heterocycles. The molecular weight excluding hydrogens is 279 g/mol. The van der Waals surface area contributed by atoms with E-state index in [-0.39, 0.29) is 0 Å². The third-order valence-corrected chi connectivity index (χ3v) is 3.76. The molecule has 0 bridgehead atoms. The van der Waals surface area contributed by atoms with Gasteiger partial charge in [0.05, 0.1) is 21.7 Å². The third-order valence-electron chi connectivity index (χ3n) is 2.35. The summed E-state index contributed by atoms with van der Waals surface area (Å²) in [5.41, 5.74) is 1.82. The first-order valence-electron chi connectivity index (χ1n) is 4.74. The zero-order valence-electron chi connectivity index (χ0n) is 7.96. The van der Waals surface area contributed by atoms with E-state index < -0.39 is 0 Å².